The van der Waals surface area contributed by atoms with E-state index < -0.39 is 20.0 Å². The summed E-state index contributed by atoms with van der Waals surface area (Å²) in [5.74, 6) is 0. The maximum Gasteiger partial charge on any atom is 0.241 e. The predicted molar refractivity (Wildman–Crippen MR) is 88.0 cm³/mol. The Kier molecular flexibility index (Phi) is 5.12. The van der Waals surface area contributed by atoms with Gasteiger partial charge in [0.1, 0.15) is 0 Å². The van der Waals surface area contributed by atoms with Gasteiger partial charge in [-0.2, -0.15) is 0 Å². The summed E-state index contributed by atoms with van der Waals surface area (Å²) >= 11 is 5.84. The van der Waals surface area contributed by atoms with Gasteiger partial charge in [-0.25, -0.2) is 26.7 Å². The van der Waals surface area contributed by atoms with Gasteiger partial charge in [0.15, 0.2) is 0 Å². The summed E-state index contributed by atoms with van der Waals surface area (Å²) in [6, 6.07) is 10.3. The van der Waals surface area contributed by atoms with Crippen LogP contribution in [0, 0.1) is 6.92 Å². The molecule has 0 heterocycles. The molecule has 0 aromatic heterocycles. The third-order valence-electron chi connectivity index (χ3n) is 3.13. The topological polar surface area (TPSA) is 106 Å². The molecule has 0 amide bonds. The molecule has 0 aliphatic carbocycles. The molecule has 0 fully saturated rings. The summed E-state index contributed by atoms with van der Waals surface area (Å²) in [5, 5.41) is 5.37. The highest BCUT2D eigenvalue weighted by Crippen LogP contribution is 2.20. The van der Waals surface area contributed by atoms with Gasteiger partial charge in [0.2, 0.25) is 20.0 Å². The van der Waals surface area contributed by atoms with Crippen LogP contribution in [-0.2, 0) is 26.6 Å². The summed E-state index contributed by atoms with van der Waals surface area (Å²) in [7, 11) is -7.61. The van der Waals surface area contributed by atoms with E-state index in [1.807, 2.05) is 0 Å². The molecule has 0 aliphatic heterocycles. The van der Waals surface area contributed by atoms with Crippen molar-refractivity contribution < 1.29 is 16.8 Å². The van der Waals surface area contributed by atoms with Crippen molar-refractivity contribution in [3.8, 4) is 0 Å². The van der Waals surface area contributed by atoms with E-state index in [9.17, 15) is 16.8 Å². The van der Waals surface area contributed by atoms with Crippen molar-refractivity contribution in [2.75, 3.05) is 0 Å². The fraction of sp³-hybridized carbons (Fsp3) is 0.143. The minimum absolute atomic E-state index is 0.0718. The van der Waals surface area contributed by atoms with Crippen LogP contribution in [0.15, 0.2) is 52.3 Å². The molecule has 0 saturated carbocycles. The number of primary sulfonamides is 1. The number of rotatable bonds is 5. The summed E-state index contributed by atoms with van der Waals surface area (Å²) < 4.78 is 49.7. The van der Waals surface area contributed by atoms with E-state index in [1.54, 1.807) is 25.1 Å². The monoisotopic (exact) mass is 374 g/mol. The minimum Gasteiger partial charge on any atom is -0.225 e. The van der Waals surface area contributed by atoms with Crippen molar-refractivity contribution in [2.45, 2.75) is 23.3 Å². The van der Waals surface area contributed by atoms with Crippen LogP contribution in [0.1, 0.15) is 11.1 Å². The van der Waals surface area contributed by atoms with Crippen LogP contribution in [-0.4, -0.2) is 16.8 Å². The van der Waals surface area contributed by atoms with Crippen molar-refractivity contribution in [1.82, 2.24) is 4.72 Å². The Morgan fingerprint density at radius 3 is 2.43 bits per heavy atom. The summed E-state index contributed by atoms with van der Waals surface area (Å²) in [5.41, 5.74) is 1.03. The fourth-order valence-electron chi connectivity index (χ4n) is 1.95. The van der Waals surface area contributed by atoms with Gasteiger partial charge < -0.3 is 0 Å². The number of benzene rings is 2. The van der Waals surface area contributed by atoms with Crippen molar-refractivity contribution in [3.05, 3.63) is 58.6 Å². The Balaban J connectivity index is 2.25. The fourth-order valence-corrected chi connectivity index (χ4v) is 4.06. The first kappa shape index (κ1) is 17.9. The molecule has 9 heteroatoms. The standard InChI is InChI=1S/C14H15ClN2O4S2/c1-10-5-6-12(15)8-14(10)23(20,21)17-9-11-3-2-4-13(7-11)22(16,18)19/h2-8,17H,9H2,1H3,(H2,16,18,19). The number of aryl methyl sites for hydroxylation is 1. The Hall–Kier alpha value is -1.45. The average molecular weight is 375 g/mol. The highest BCUT2D eigenvalue weighted by atomic mass is 35.5. The first-order chi connectivity index (χ1) is 10.6. The molecular formula is C14H15ClN2O4S2. The second-order valence-electron chi connectivity index (χ2n) is 4.93. The van der Waals surface area contributed by atoms with E-state index in [4.69, 9.17) is 16.7 Å². The Bertz CT molecular complexity index is 941. The zero-order valence-corrected chi connectivity index (χ0v) is 14.5. The van der Waals surface area contributed by atoms with Gasteiger partial charge in [0, 0.05) is 11.6 Å². The van der Waals surface area contributed by atoms with E-state index in [1.165, 1.54) is 24.3 Å². The molecule has 124 valence electrons. The number of sulfonamides is 2. The van der Waals surface area contributed by atoms with Gasteiger partial charge >= 0.3 is 0 Å². The zero-order valence-electron chi connectivity index (χ0n) is 12.2. The molecule has 3 N–H and O–H groups in total. The quantitative estimate of drug-likeness (QED) is 0.831. The average Bonchev–Trinajstić information content (AvgIpc) is 2.47. The number of nitrogens with one attached hydrogen (secondary N) is 1. The van der Waals surface area contributed by atoms with Gasteiger partial charge in [0.25, 0.3) is 0 Å². The molecule has 2 aromatic rings. The van der Waals surface area contributed by atoms with Crippen molar-refractivity contribution in [1.29, 1.82) is 0 Å². The van der Waals surface area contributed by atoms with Gasteiger partial charge in [-0.3, -0.25) is 0 Å². The number of hydrogen-bond donors (Lipinski definition) is 2. The molecule has 0 unspecified atom stereocenters. The van der Waals surface area contributed by atoms with E-state index >= 15 is 0 Å². The molecule has 0 bridgehead atoms. The molecule has 6 nitrogen and oxygen atoms in total. The second kappa shape index (κ2) is 6.58. The van der Waals surface area contributed by atoms with E-state index in [-0.39, 0.29) is 16.3 Å². The van der Waals surface area contributed by atoms with Crippen LogP contribution in [0.3, 0.4) is 0 Å². The lowest BCUT2D eigenvalue weighted by Gasteiger charge is -2.10. The van der Waals surface area contributed by atoms with E-state index in [0.29, 0.717) is 16.1 Å². The molecule has 23 heavy (non-hydrogen) atoms. The lowest BCUT2D eigenvalue weighted by atomic mass is 10.2. The van der Waals surface area contributed by atoms with Crippen LogP contribution < -0.4 is 9.86 Å². The number of nitrogens with two attached hydrogens (primary N) is 1. The van der Waals surface area contributed by atoms with Crippen LogP contribution in [0.4, 0.5) is 0 Å². The molecule has 2 aromatic carbocycles. The van der Waals surface area contributed by atoms with Crippen LogP contribution in [0.25, 0.3) is 0 Å². The van der Waals surface area contributed by atoms with Crippen LogP contribution in [0.5, 0.6) is 0 Å². The normalized spacial score (nSPS) is 12.3. The second-order valence-corrected chi connectivity index (χ2v) is 8.66. The largest absolute Gasteiger partial charge is 0.241 e. The highest BCUT2D eigenvalue weighted by molar-refractivity contribution is 7.89. The van der Waals surface area contributed by atoms with Crippen LogP contribution >= 0.6 is 11.6 Å². The zero-order chi connectivity index (χ0) is 17.3. The maximum atomic E-state index is 12.3. The summed E-state index contributed by atoms with van der Waals surface area (Å²) in [6.07, 6.45) is 0. The highest BCUT2D eigenvalue weighted by Gasteiger charge is 2.17. The Labute approximate surface area is 140 Å². The molecule has 0 atom stereocenters. The summed E-state index contributed by atoms with van der Waals surface area (Å²) in [4.78, 5) is 0.000681. The summed E-state index contributed by atoms with van der Waals surface area (Å²) in [6.45, 7) is 1.59. The molecule has 0 spiro atoms. The Morgan fingerprint density at radius 2 is 1.78 bits per heavy atom. The molecule has 0 radical (unpaired) electrons. The van der Waals surface area contributed by atoms with E-state index in [0.717, 1.165) is 0 Å². The molecule has 0 aliphatic rings. The van der Waals surface area contributed by atoms with E-state index in [2.05, 4.69) is 4.72 Å². The van der Waals surface area contributed by atoms with Crippen molar-refractivity contribution in [2.24, 2.45) is 5.14 Å². The minimum atomic E-state index is -3.84. The smallest absolute Gasteiger partial charge is 0.225 e. The van der Waals surface area contributed by atoms with Crippen LogP contribution in [0.2, 0.25) is 5.02 Å². The predicted octanol–water partition coefficient (Wildman–Crippen LogP) is 1.77. The lowest BCUT2D eigenvalue weighted by Crippen LogP contribution is -2.24. The SMILES string of the molecule is Cc1ccc(Cl)cc1S(=O)(=O)NCc1cccc(S(N)(=O)=O)c1. The Morgan fingerprint density at radius 1 is 1.09 bits per heavy atom. The third kappa shape index (κ3) is 4.52. The number of hydrogen-bond acceptors (Lipinski definition) is 4. The van der Waals surface area contributed by atoms with Crippen molar-refractivity contribution >= 4 is 31.6 Å². The van der Waals surface area contributed by atoms with Gasteiger partial charge in [0.05, 0.1) is 9.79 Å². The number of halogens is 1. The van der Waals surface area contributed by atoms with Gasteiger partial charge in [-0.05, 0) is 42.3 Å². The third-order valence-corrected chi connectivity index (χ3v) is 5.82. The molecule has 2 rings (SSSR count). The van der Waals surface area contributed by atoms with Crippen molar-refractivity contribution in [3.63, 3.8) is 0 Å². The first-order valence-electron chi connectivity index (χ1n) is 6.47. The first-order valence-corrected chi connectivity index (χ1v) is 9.88. The molecule has 0 saturated heterocycles. The van der Waals surface area contributed by atoms with Gasteiger partial charge in [-0.1, -0.05) is 29.8 Å². The lowest BCUT2D eigenvalue weighted by molar-refractivity contribution is 0.580. The maximum absolute atomic E-state index is 12.3. The molecular weight excluding hydrogens is 360 g/mol. The van der Waals surface area contributed by atoms with Gasteiger partial charge in [-0.15, -0.1) is 0 Å².